The van der Waals surface area contributed by atoms with E-state index in [9.17, 15) is 0 Å². The first-order valence-corrected chi connectivity index (χ1v) is 4.78. The maximum absolute atomic E-state index is 5.72. The highest BCUT2D eigenvalue weighted by atomic mass is 35.5. The van der Waals surface area contributed by atoms with E-state index < -0.39 is 0 Å². The predicted octanol–water partition coefficient (Wildman–Crippen LogP) is 3.46. The molecule has 0 radical (unpaired) electrons. The van der Waals surface area contributed by atoms with E-state index >= 15 is 0 Å². The summed E-state index contributed by atoms with van der Waals surface area (Å²) in [6, 6.07) is 10.00. The minimum Gasteiger partial charge on any atom is -0.225 e. The minimum atomic E-state index is 0.592. The molecule has 0 unspecified atom stereocenters. The Morgan fingerprint density at radius 2 is 1.92 bits per heavy atom. The number of aromatic nitrogens is 1. The molecule has 0 aliphatic rings. The molecule has 0 aliphatic heterocycles. The lowest BCUT2D eigenvalue weighted by atomic mass is 10.2. The third kappa shape index (κ3) is 1.49. The third-order valence-electron chi connectivity index (χ3n) is 1.55. The number of rotatable bonds is 1. The molecule has 0 N–H and O–H groups in total. The van der Waals surface area contributed by atoms with Crippen molar-refractivity contribution in [1.29, 1.82) is 0 Å². The maximum atomic E-state index is 5.72. The van der Waals surface area contributed by atoms with Crippen LogP contribution in [0.5, 0.6) is 0 Å². The first kappa shape index (κ1) is 7.77. The van der Waals surface area contributed by atoms with Gasteiger partial charge in [-0.1, -0.05) is 41.9 Å². The predicted molar refractivity (Wildman–Crippen MR) is 52.6 cm³/mol. The van der Waals surface area contributed by atoms with Gasteiger partial charge in [0.2, 0.25) is 0 Å². The molecule has 0 atom stereocenters. The Hall–Kier alpha value is -0.860. The van der Waals surface area contributed by atoms with Crippen LogP contribution in [-0.2, 0) is 0 Å². The number of hydrogen-bond acceptors (Lipinski definition) is 2. The molecular weight excluding hydrogens is 190 g/mol. The monoisotopic (exact) mass is 195 g/mol. The van der Waals surface area contributed by atoms with Crippen molar-refractivity contribution in [3.8, 4) is 11.3 Å². The van der Waals surface area contributed by atoms with Gasteiger partial charge in [-0.15, -0.1) is 11.3 Å². The second-order valence-corrected chi connectivity index (χ2v) is 3.79. The number of nitrogens with zero attached hydrogens (tertiary/aromatic N) is 1. The highest BCUT2D eigenvalue weighted by Gasteiger charge is 2.00. The Kier molecular flexibility index (Phi) is 2.11. The lowest BCUT2D eigenvalue weighted by molar-refractivity contribution is 1.41. The van der Waals surface area contributed by atoms with Crippen molar-refractivity contribution >= 4 is 22.9 Å². The largest absolute Gasteiger partial charge is 0.225 e. The van der Waals surface area contributed by atoms with Crippen molar-refractivity contribution in [2.45, 2.75) is 0 Å². The molecule has 12 heavy (non-hydrogen) atoms. The molecule has 0 fully saturated rings. The number of halogens is 1. The maximum Gasteiger partial charge on any atom is 0.184 e. The van der Waals surface area contributed by atoms with E-state index in [-0.39, 0.29) is 0 Å². The molecule has 1 heterocycles. The van der Waals surface area contributed by atoms with Gasteiger partial charge in [0.15, 0.2) is 4.47 Å². The Labute approximate surface area is 79.7 Å². The van der Waals surface area contributed by atoms with Crippen molar-refractivity contribution in [2.24, 2.45) is 0 Å². The van der Waals surface area contributed by atoms with Crippen molar-refractivity contribution < 1.29 is 0 Å². The van der Waals surface area contributed by atoms with Crippen LogP contribution in [0.2, 0.25) is 4.47 Å². The fourth-order valence-corrected chi connectivity index (χ4v) is 1.77. The van der Waals surface area contributed by atoms with E-state index in [1.54, 1.807) is 0 Å². The van der Waals surface area contributed by atoms with Crippen LogP contribution in [0.15, 0.2) is 35.7 Å². The smallest absolute Gasteiger partial charge is 0.184 e. The van der Waals surface area contributed by atoms with Crippen LogP contribution in [0.4, 0.5) is 0 Å². The lowest BCUT2D eigenvalue weighted by Crippen LogP contribution is -1.74. The highest BCUT2D eigenvalue weighted by molar-refractivity contribution is 7.14. The van der Waals surface area contributed by atoms with Crippen LogP contribution >= 0.6 is 22.9 Å². The van der Waals surface area contributed by atoms with E-state index in [0.29, 0.717) is 4.47 Å². The summed E-state index contributed by atoms with van der Waals surface area (Å²) in [5, 5.41) is 1.96. The fourth-order valence-electron chi connectivity index (χ4n) is 0.993. The van der Waals surface area contributed by atoms with Gasteiger partial charge < -0.3 is 0 Å². The zero-order valence-corrected chi connectivity index (χ0v) is 7.77. The summed E-state index contributed by atoms with van der Waals surface area (Å²) in [6.07, 6.45) is 0. The molecule has 0 saturated heterocycles. The van der Waals surface area contributed by atoms with Crippen LogP contribution in [-0.4, -0.2) is 4.98 Å². The summed E-state index contributed by atoms with van der Waals surface area (Å²) < 4.78 is 0.592. The Morgan fingerprint density at radius 1 is 1.17 bits per heavy atom. The molecule has 60 valence electrons. The van der Waals surface area contributed by atoms with Crippen molar-refractivity contribution in [1.82, 2.24) is 4.98 Å². The summed E-state index contributed by atoms with van der Waals surface area (Å²) in [5.41, 5.74) is 2.06. The Morgan fingerprint density at radius 3 is 2.50 bits per heavy atom. The normalized spacial score (nSPS) is 10.1. The summed E-state index contributed by atoms with van der Waals surface area (Å²) >= 11 is 7.17. The minimum absolute atomic E-state index is 0.592. The summed E-state index contributed by atoms with van der Waals surface area (Å²) in [6.45, 7) is 0. The fraction of sp³-hybridized carbons (Fsp3) is 0. The number of benzene rings is 1. The van der Waals surface area contributed by atoms with Gasteiger partial charge >= 0.3 is 0 Å². The second kappa shape index (κ2) is 3.25. The van der Waals surface area contributed by atoms with Crippen LogP contribution in [0.25, 0.3) is 11.3 Å². The van der Waals surface area contributed by atoms with Crippen LogP contribution in [0.1, 0.15) is 0 Å². The van der Waals surface area contributed by atoms with E-state index in [1.807, 2.05) is 35.7 Å². The van der Waals surface area contributed by atoms with Gasteiger partial charge in [-0.25, -0.2) is 4.98 Å². The lowest BCUT2D eigenvalue weighted by Gasteiger charge is -1.92. The van der Waals surface area contributed by atoms with Gasteiger partial charge in [0.25, 0.3) is 0 Å². The Balaban J connectivity index is 2.45. The molecule has 2 aromatic rings. The zero-order valence-electron chi connectivity index (χ0n) is 6.20. The average molecular weight is 196 g/mol. The first-order chi connectivity index (χ1) is 5.86. The topological polar surface area (TPSA) is 12.9 Å². The molecule has 0 spiro atoms. The average Bonchev–Trinajstić information content (AvgIpc) is 2.54. The molecule has 3 heteroatoms. The van der Waals surface area contributed by atoms with Gasteiger partial charge in [0.05, 0.1) is 5.69 Å². The van der Waals surface area contributed by atoms with Gasteiger partial charge in [-0.05, 0) is 0 Å². The van der Waals surface area contributed by atoms with Crippen molar-refractivity contribution in [2.75, 3.05) is 0 Å². The number of thiazole rings is 1. The summed E-state index contributed by atoms with van der Waals surface area (Å²) in [5.74, 6) is 0. The SMILES string of the molecule is Clc1nc(-c2ccccc2)cs1. The highest BCUT2D eigenvalue weighted by Crippen LogP contribution is 2.23. The zero-order chi connectivity index (χ0) is 8.39. The second-order valence-electron chi connectivity index (χ2n) is 2.35. The molecule has 2 rings (SSSR count). The van der Waals surface area contributed by atoms with Crippen molar-refractivity contribution in [3.63, 3.8) is 0 Å². The molecule has 1 nitrogen and oxygen atoms in total. The number of hydrogen-bond donors (Lipinski definition) is 0. The van der Waals surface area contributed by atoms with Crippen LogP contribution in [0.3, 0.4) is 0 Å². The molecule has 1 aromatic carbocycles. The standard InChI is InChI=1S/C9H6ClNS/c10-9-11-8(6-12-9)7-4-2-1-3-5-7/h1-6H. The van der Waals surface area contributed by atoms with Crippen molar-refractivity contribution in [3.05, 3.63) is 40.2 Å². The van der Waals surface area contributed by atoms with Gasteiger partial charge in [0.1, 0.15) is 0 Å². The third-order valence-corrected chi connectivity index (χ3v) is 2.52. The van der Waals surface area contributed by atoms with Crippen LogP contribution < -0.4 is 0 Å². The quantitative estimate of drug-likeness (QED) is 0.679. The van der Waals surface area contributed by atoms with E-state index in [4.69, 9.17) is 11.6 Å². The molecule has 0 bridgehead atoms. The van der Waals surface area contributed by atoms with Gasteiger partial charge in [0, 0.05) is 10.9 Å². The Bertz CT molecular complexity index is 369. The summed E-state index contributed by atoms with van der Waals surface area (Å²) in [4.78, 5) is 4.16. The van der Waals surface area contributed by atoms with Gasteiger partial charge in [-0.2, -0.15) is 0 Å². The molecule has 0 aliphatic carbocycles. The molecular formula is C9H6ClNS. The summed E-state index contributed by atoms with van der Waals surface area (Å²) in [7, 11) is 0. The molecule has 0 saturated carbocycles. The van der Waals surface area contributed by atoms with Gasteiger partial charge in [-0.3, -0.25) is 0 Å². The first-order valence-electron chi connectivity index (χ1n) is 3.53. The van der Waals surface area contributed by atoms with E-state index in [2.05, 4.69) is 4.98 Å². The van der Waals surface area contributed by atoms with E-state index in [0.717, 1.165) is 11.3 Å². The molecule has 1 aromatic heterocycles. The molecule has 0 amide bonds. The van der Waals surface area contributed by atoms with Crippen LogP contribution in [0, 0.1) is 0 Å². The van der Waals surface area contributed by atoms with E-state index in [1.165, 1.54) is 11.3 Å².